The summed E-state index contributed by atoms with van der Waals surface area (Å²) in [4.78, 5) is 0. The van der Waals surface area contributed by atoms with Crippen molar-refractivity contribution in [3.8, 4) is 6.07 Å². The molecule has 0 amide bonds. The van der Waals surface area contributed by atoms with Crippen molar-refractivity contribution < 1.29 is 5.11 Å². The van der Waals surface area contributed by atoms with E-state index >= 15 is 0 Å². The first-order chi connectivity index (χ1) is 6.63. The Labute approximate surface area is 84.0 Å². The highest BCUT2D eigenvalue weighted by Crippen LogP contribution is 2.16. The molecule has 1 rings (SSSR count). The number of nitrogens with one attached hydrogen (secondary N) is 1. The molecule has 14 heavy (non-hydrogen) atoms. The van der Waals surface area contributed by atoms with Crippen LogP contribution in [0.4, 0.5) is 5.69 Å². The topological polar surface area (TPSA) is 56.0 Å². The zero-order valence-electron chi connectivity index (χ0n) is 8.41. The van der Waals surface area contributed by atoms with Gasteiger partial charge in [0.25, 0.3) is 0 Å². The molecule has 1 atom stereocenters. The normalized spacial score (nSPS) is 11.9. The number of aliphatic hydroxyl groups excluding tert-OH is 1. The molecule has 0 saturated carbocycles. The second-order valence-corrected chi connectivity index (χ2v) is 3.37. The Kier molecular flexibility index (Phi) is 3.49. The van der Waals surface area contributed by atoms with E-state index < -0.39 is 0 Å². The van der Waals surface area contributed by atoms with Gasteiger partial charge in [-0.1, -0.05) is 6.07 Å². The van der Waals surface area contributed by atoms with Gasteiger partial charge in [-0.15, -0.1) is 0 Å². The number of aliphatic hydroxyl groups is 1. The predicted molar refractivity (Wildman–Crippen MR) is 56.1 cm³/mol. The van der Waals surface area contributed by atoms with E-state index in [-0.39, 0.29) is 6.10 Å². The molecule has 0 aromatic heterocycles. The minimum atomic E-state index is -0.389. The van der Waals surface area contributed by atoms with E-state index in [9.17, 15) is 0 Å². The summed E-state index contributed by atoms with van der Waals surface area (Å²) in [5.41, 5.74) is 2.61. The van der Waals surface area contributed by atoms with E-state index in [2.05, 4.69) is 11.4 Å². The number of nitriles is 1. The molecule has 0 radical (unpaired) electrons. The minimum absolute atomic E-state index is 0.389. The van der Waals surface area contributed by atoms with E-state index in [0.29, 0.717) is 12.1 Å². The first kappa shape index (κ1) is 10.6. The maximum Gasteiger partial charge on any atom is 0.0992 e. The fourth-order valence-corrected chi connectivity index (χ4v) is 1.14. The second-order valence-electron chi connectivity index (χ2n) is 3.37. The first-order valence-electron chi connectivity index (χ1n) is 4.56. The maximum absolute atomic E-state index is 9.10. The third-order valence-corrected chi connectivity index (χ3v) is 1.95. The van der Waals surface area contributed by atoms with Crippen molar-refractivity contribution in [1.29, 1.82) is 5.26 Å². The molecule has 0 fully saturated rings. The molecular formula is C11H14N2O. The second kappa shape index (κ2) is 4.64. The summed E-state index contributed by atoms with van der Waals surface area (Å²) >= 11 is 0. The monoisotopic (exact) mass is 190 g/mol. The van der Waals surface area contributed by atoms with E-state index in [1.54, 1.807) is 19.1 Å². The first-order valence-corrected chi connectivity index (χ1v) is 4.56. The lowest BCUT2D eigenvalue weighted by Crippen LogP contribution is -2.15. The van der Waals surface area contributed by atoms with Gasteiger partial charge >= 0.3 is 0 Å². The third-order valence-electron chi connectivity index (χ3n) is 1.95. The zero-order chi connectivity index (χ0) is 10.6. The number of hydrogen-bond donors (Lipinski definition) is 2. The Morgan fingerprint density at radius 1 is 1.57 bits per heavy atom. The van der Waals surface area contributed by atoms with Gasteiger partial charge in [0, 0.05) is 12.2 Å². The van der Waals surface area contributed by atoms with Crippen LogP contribution in [0.15, 0.2) is 18.2 Å². The van der Waals surface area contributed by atoms with Crippen molar-refractivity contribution in [2.75, 3.05) is 11.9 Å². The number of rotatable bonds is 3. The predicted octanol–water partition coefficient (Wildman–Crippen LogP) is 1.66. The Hall–Kier alpha value is -1.53. The average molecular weight is 190 g/mol. The van der Waals surface area contributed by atoms with Crippen molar-refractivity contribution in [3.05, 3.63) is 29.3 Å². The summed E-state index contributed by atoms with van der Waals surface area (Å²) in [5, 5.41) is 20.9. The van der Waals surface area contributed by atoms with Gasteiger partial charge in [0.15, 0.2) is 0 Å². The average Bonchev–Trinajstić information content (AvgIpc) is 2.16. The van der Waals surface area contributed by atoms with Crippen LogP contribution in [-0.2, 0) is 0 Å². The van der Waals surface area contributed by atoms with Crippen LogP contribution >= 0.6 is 0 Å². The molecule has 1 aromatic carbocycles. The quantitative estimate of drug-likeness (QED) is 0.762. The van der Waals surface area contributed by atoms with Gasteiger partial charge in [0.2, 0.25) is 0 Å². The van der Waals surface area contributed by atoms with Gasteiger partial charge in [-0.05, 0) is 31.5 Å². The molecule has 3 heteroatoms. The highest BCUT2D eigenvalue weighted by atomic mass is 16.3. The Bertz CT molecular complexity index is 353. The van der Waals surface area contributed by atoms with Gasteiger partial charge < -0.3 is 10.4 Å². The Balaban J connectivity index is 2.80. The number of anilines is 1. The minimum Gasteiger partial charge on any atom is -0.392 e. The summed E-state index contributed by atoms with van der Waals surface area (Å²) in [5.74, 6) is 0. The maximum atomic E-state index is 9.10. The summed E-state index contributed by atoms with van der Waals surface area (Å²) in [6.45, 7) is 4.18. The molecule has 0 aliphatic heterocycles. The lowest BCUT2D eigenvalue weighted by atomic mass is 10.1. The molecule has 2 N–H and O–H groups in total. The number of benzene rings is 1. The molecule has 0 bridgehead atoms. The summed E-state index contributed by atoms with van der Waals surface area (Å²) in [7, 11) is 0. The molecule has 3 nitrogen and oxygen atoms in total. The van der Waals surface area contributed by atoms with Crippen molar-refractivity contribution >= 4 is 5.69 Å². The molecule has 0 heterocycles. The van der Waals surface area contributed by atoms with Crippen LogP contribution in [-0.4, -0.2) is 17.8 Å². The molecule has 74 valence electrons. The Morgan fingerprint density at radius 2 is 2.29 bits per heavy atom. The zero-order valence-corrected chi connectivity index (χ0v) is 8.41. The van der Waals surface area contributed by atoms with Crippen LogP contribution in [0, 0.1) is 18.3 Å². The van der Waals surface area contributed by atoms with Crippen molar-refractivity contribution in [3.63, 3.8) is 0 Å². The molecule has 0 aliphatic rings. The van der Waals surface area contributed by atoms with E-state index in [1.165, 1.54) is 0 Å². The number of hydrogen-bond acceptors (Lipinski definition) is 3. The lowest BCUT2D eigenvalue weighted by Gasteiger charge is -2.11. The summed E-state index contributed by atoms with van der Waals surface area (Å²) in [6.07, 6.45) is -0.389. The molecule has 1 unspecified atom stereocenters. The highest BCUT2D eigenvalue weighted by molar-refractivity contribution is 5.55. The molecule has 0 spiro atoms. The van der Waals surface area contributed by atoms with Gasteiger partial charge in [-0.25, -0.2) is 0 Å². The summed E-state index contributed by atoms with van der Waals surface area (Å²) < 4.78 is 0. The van der Waals surface area contributed by atoms with Crippen LogP contribution in [0.1, 0.15) is 18.1 Å². The van der Waals surface area contributed by atoms with Crippen LogP contribution in [0.25, 0.3) is 0 Å². The van der Waals surface area contributed by atoms with Crippen LogP contribution in [0.5, 0.6) is 0 Å². The lowest BCUT2D eigenvalue weighted by molar-refractivity contribution is 0.208. The van der Waals surface area contributed by atoms with Gasteiger partial charge in [-0.2, -0.15) is 5.26 Å². The van der Waals surface area contributed by atoms with Gasteiger partial charge in [0.1, 0.15) is 0 Å². The van der Waals surface area contributed by atoms with E-state index in [1.807, 2.05) is 13.0 Å². The molecule has 0 aliphatic carbocycles. The summed E-state index contributed by atoms with van der Waals surface area (Å²) in [6, 6.07) is 7.54. The number of aryl methyl sites for hydroxylation is 1. The number of nitrogens with zero attached hydrogens (tertiary/aromatic N) is 1. The SMILES string of the molecule is Cc1ccc(C#N)cc1NCC(C)O. The fourth-order valence-electron chi connectivity index (χ4n) is 1.14. The van der Waals surface area contributed by atoms with Crippen LogP contribution in [0.2, 0.25) is 0 Å². The third kappa shape index (κ3) is 2.75. The van der Waals surface area contributed by atoms with Crippen molar-refractivity contribution in [2.24, 2.45) is 0 Å². The van der Waals surface area contributed by atoms with Gasteiger partial charge in [-0.3, -0.25) is 0 Å². The van der Waals surface area contributed by atoms with Crippen LogP contribution in [0.3, 0.4) is 0 Å². The van der Waals surface area contributed by atoms with Crippen molar-refractivity contribution in [2.45, 2.75) is 20.0 Å². The van der Waals surface area contributed by atoms with E-state index in [0.717, 1.165) is 11.3 Å². The standard InChI is InChI=1S/C11H14N2O/c1-8-3-4-10(6-12)5-11(8)13-7-9(2)14/h3-5,9,13-14H,7H2,1-2H3. The Morgan fingerprint density at radius 3 is 2.86 bits per heavy atom. The van der Waals surface area contributed by atoms with Crippen LogP contribution < -0.4 is 5.32 Å². The highest BCUT2D eigenvalue weighted by Gasteiger charge is 2.01. The molecular weight excluding hydrogens is 176 g/mol. The fraction of sp³-hybridized carbons (Fsp3) is 0.364. The largest absolute Gasteiger partial charge is 0.392 e. The molecule has 1 aromatic rings. The van der Waals surface area contributed by atoms with Gasteiger partial charge in [0.05, 0.1) is 17.7 Å². The molecule has 0 saturated heterocycles. The van der Waals surface area contributed by atoms with E-state index in [4.69, 9.17) is 10.4 Å². The smallest absolute Gasteiger partial charge is 0.0992 e. The van der Waals surface area contributed by atoms with Crippen molar-refractivity contribution in [1.82, 2.24) is 0 Å².